The van der Waals surface area contributed by atoms with Crippen LogP contribution in [0.3, 0.4) is 0 Å². The zero-order valence-corrected chi connectivity index (χ0v) is 16.8. The van der Waals surface area contributed by atoms with Gasteiger partial charge in [0.25, 0.3) is 0 Å². The number of carbonyl (C=O) groups excluding carboxylic acids is 3. The van der Waals surface area contributed by atoms with E-state index in [9.17, 15) is 33.9 Å². The minimum absolute atomic E-state index is 0.107. The minimum atomic E-state index is -1.73. The molecular weight excluding hydrogens is 428 g/mol. The summed E-state index contributed by atoms with van der Waals surface area (Å²) in [5, 5.41) is 33.7. The fraction of sp³-hybridized carbons (Fsp3) is 0.368. The lowest BCUT2D eigenvalue weighted by Crippen LogP contribution is -2.57. The van der Waals surface area contributed by atoms with E-state index in [0.29, 0.717) is 5.56 Å². The zero-order valence-electron chi connectivity index (χ0n) is 16.8. The normalized spacial score (nSPS) is 13.2. The maximum atomic E-state index is 12.6. The van der Waals surface area contributed by atoms with Crippen LogP contribution in [0, 0.1) is 0 Å². The van der Waals surface area contributed by atoms with Crippen LogP contribution < -0.4 is 21.7 Å². The predicted molar refractivity (Wildman–Crippen MR) is 107 cm³/mol. The molecule has 0 saturated carbocycles. The minimum Gasteiger partial charge on any atom is -0.481 e. The Balaban J connectivity index is 2.98. The van der Waals surface area contributed by atoms with Crippen molar-refractivity contribution in [1.29, 1.82) is 0 Å². The maximum Gasteiger partial charge on any atom is 0.326 e. The van der Waals surface area contributed by atoms with Crippen molar-refractivity contribution < 1.29 is 44.1 Å². The summed E-state index contributed by atoms with van der Waals surface area (Å²) in [6.45, 7) is -0.539. The van der Waals surface area contributed by atoms with Crippen molar-refractivity contribution in [2.75, 3.05) is 6.54 Å². The molecule has 1 rings (SSSR count). The summed E-state index contributed by atoms with van der Waals surface area (Å²) in [5.74, 6) is -7.42. The van der Waals surface area contributed by atoms with Crippen molar-refractivity contribution in [3.63, 3.8) is 0 Å². The smallest absolute Gasteiger partial charge is 0.326 e. The number of benzene rings is 1. The van der Waals surface area contributed by atoms with Gasteiger partial charge < -0.3 is 37.0 Å². The summed E-state index contributed by atoms with van der Waals surface area (Å²) in [4.78, 5) is 70.1. The summed E-state index contributed by atoms with van der Waals surface area (Å²) in [5.41, 5.74) is 5.71. The average Bonchev–Trinajstić information content (AvgIpc) is 2.72. The fourth-order valence-corrected chi connectivity index (χ4v) is 2.62. The van der Waals surface area contributed by atoms with Crippen LogP contribution in [0.25, 0.3) is 0 Å². The largest absolute Gasteiger partial charge is 0.481 e. The molecule has 32 heavy (non-hydrogen) atoms. The second-order valence-electron chi connectivity index (χ2n) is 6.67. The van der Waals surface area contributed by atoms with Crippen LogP contribution in [0.5, 0.6) is 0 Å². The first-order chi connectivity index (χ1) is 15.0. The van der Waals surface area contributed by atoms with Gasteiger partial charge in [-0.2, -0.15) is 0 Å². The number of carboxylic acid groups (broad SMARTS) is 3. The highest BCUT2D eigenvalue weighted by atomic mass is 16.4. The Morgan fingerprint density at radius 2 is 1.22 bits per heavy atom. The molecule has 0 aliphatic rings. The number of hydrogen-bond donors (Lipinski definition) is 7. The molecule has 1 aromatic carbocycles. The van der Waals surface area contributed by atoms with Gasteiger partial charge in [0, 0.05) is 6.42 Å². The van der Waals surface area contributed by atoms with E-state index in [1.807, 2.05) is 5.32 Å². The molecular formula is C19H24N4O9. The van der Waals surface area contributed by atoms with Crippen molar-refractivity contribution in [1.82, 2.24) is 16.0 Å². The highest BCUT2D eigenvalue weighted by molar-refractivity contribution is 5.96. The Morgan fingerprint density at radius 3 is 1.66 bits per heavy atom. The first-order valence-electron chi connectivity index (χ1n) is 9.34. The van der Waals surface area contributed by atoms with Gasteiger partial charge in [0.2, 0.25) is 17.7 Å². The van der Waals surface area contributed by atoms with Crippen molar-refractivity contribution in [3.8, 4) is 0 Å². The number of hydrogen-bond acceptors (Lipinski definition) is 7. The van der Waals surface area contributed by atoms with Crippen molar-refractivity contribution in [3.05, 3.63) is 35.9 Å². The Morgan fingerprint density at radius 1 is 0.750 bits per heavy atom. The third-order valence-corrected chi connectivity index (χ3v) is 4.12. The molecule has 0 heterocycles. The van der Waals surface area contributed by atoms with Gasteiger partial charge in [0.1, 0.15) is 18.1 Å². The van der Waals surface area contributed by atoms with E-state index in [0.717, 1.165) is 0 Å². The van der Waals surface area contributed by atoms with Crippen LogP contribution in [-0.2, 0) is 35.2 Å². The molecule has 3 unspecified atom stereocenters. The molecule has 13 heteroatoms. The van der Waals surface area contributed by atoms with E-state index in [1.165, 1.54) is 0 Å². The van der Waals surface area contributed by atoms with Gasteiger partial charge in [0.15, 0.2) is 0 Å². The third-order valence-electron chi connectivity index (χ3n) is 4.12. The molecule has 13 nitrogen and oxygen atoms in total. The number of aliphatic carboxylic acids is 3. The Bertz CT molecular complexity index is 860. The van der Waals surface area contributed by atoms with Gasteiger partial charge >= 0.3 is 17.9 Å². The molecule has 3 amide bonds. The molecule has 0 saturated heterocycles. The topological polar surface area (TPSA) is 225 Å². The summed E-state index contributed by atoms with van der Waals surface area (Å²) < 4.78 is 0. The molecule has 0 aliphatic heterocycles. The average molecular weight is 452 g/mol. The van der Waals surface area contributed by atoms with Crippen LogP contribution in [0.2, 0.25) is 0 Å². The van der Waals surface area contributed by atoms with Crippen LogP contribution in [0.1, 0.15) is 18.4 Å². The Labute approximate surface area is 182 Å². The van der Waals surface area contributed by atoms with Crippen LogP contribution >= 0.6 is 0 Å². The van der Waals surface area contributed by atoms with Gasteiger partial charge in [0.05, 0.1) is 19.4 Å². The molecule has 8 N–H and O–H groups in total. The number of nitrogens with one attached hydrogen (secondary N) is 3. The lowest BCUT2D eigenvalue weighted by atomic mass is 10.0. The fourth-order valence-electron chi connectivity index (χ4n) is 2.62. The third kappa shape index (κ3) is 9.21. The monoisotopic (exact) mass is 452 g/mol. The molecule has 0 spiro atoms. The zero-order chi connectivity index (χ0) is 24.3. The number of amides is 3. The van der Waals surface area contributed by atoms with E-state index in [2.05, 4.69) is 10.6 Å². The molecule has 174 valence electrons. The first-order valence-corrected chi connectivity index (χ1v) is 9.34. The molecule has 3 atom stereocenters. The van der Waals surface area contributed by atoms with Crippen LogP contribution in [-0.4, -0.2) is 75.6 Å². The maximum absolute atomic E-state index is 12.6. The van der Waals surface area contributed by atoms with E-state index in [-0.39, 0.29) is 6.42 Å². The molecule has 0 radical (unpaired) electrons. The SMILES string of the molecule is NCC(=O)NC(CC(=O)O)C(=O)NC(CC(=O)O)C(=O)NC(Cc1ccccc1)C(=O)O. The van der Waals surface area contributed by atoms with E-state index < -0.39 is 73.1 Å². The second kappa shape index (κ2) is 12.6. The van der Waals surface area contributed by atoms with Gasteiger partial charge in [-0.05, 0) is 5.56 Å². The molecule has 0 aromatic heterocycles. The molecule has 0 fully saturated rings. The summed E-state index contributed by atoms with van der Waals surface area (Å²) >= 11 is 0. The summed E-state index contributed by atoms with van der Waals surface area (Å²) in [6.07, 6.45) is -1.88. The van der Waals surface area contributed by atoms with E-state index in [1.54, 1.807) is 30.3 Å². The molecule has 0 bridgehead atoms. The van der Waals surface area contributed by atoms with E-state index in [4.69, 9.17) is 15.9 Å². The van der Waals surface area contributed by atoms with Crippen molar-refractivity contribution >= 4 is 35.6 Å². The number of carboxylic acids is 3. The van der Waals surface area contributed by atoms with Crippen molar-refractivity contribution in [2.45, 2.75) is 37.4 Å². The summed E-state index contributed by atoms with van der Waals surface area (Å²) in [7, 11) is 0. The van der Waals surface area contributed by atoms with Gasteiger partial charge in [-0.3, -0.25) is 24.0 Å². The van der Waals surface area contributed by atoms with Crippen LogP contribution in [0.15, 0.2) is 30.3 Å². The highest BCUT2D eigenvalue weighted by Gasteiger charge is 2.31. The molecule has 1 aromatic rings. The van der Waals surface area contributed by atoms with E-state index >= 15 is 0 Å². The highest BCUT2D eigenvalue weighted by Crippen LogP contribution is 2.05. The number of carbonyl (C=O) groups is 6. The van der Waals surface area contributed by atoms with Crippen molar-refractivity contribution in [2.24, 2.45) is 5.73 Å². The summed E-state index contributed by atoms with van der Waals surface area (Å²) in [6, 6.07) is 3.53. The predicted octanol–water partition coefficient (Wildman–Crippen LogP) is -2.32. The first kappa shape index (κ1) is 26.0. The Hall–Kier alpha value is -4.00. The number of rotatable bonds is 13. The molecule has 0 aliphatic carbocycles. The Kier molecular flexibility index (Phi) is 10.3. The number of nitrogens with two attached hydrogens (primary N) is 1. The lowest BCUT2D eigenvalue weighted by Gasteiger charge is -2.23. The lowest BCUT2D eigenvalue weighted by molar-refractivity contribution is -0.144. The van der Waals surface area contributed by atoms with Gasteiger partial charge in [-0.15, -0.1) is 0 Å². The quantitative estimate of drug-likeness (QED) is 0.169. The standard InChI is InChI=1S/C19H24N4O9/c20-9-14(24)21-11(7-15(25)26)17(29)22-12(8-16(27)28)18(30)23-13(19(31)32)6-10-4-2-1-3-5-10/h1-5,11-13H,6-9,20H2,(H,21,24)(H,22,29)(H,23,30)(H,25,26)(H,27,28)(H,31,32). The van der Waals surface area contributed by atoms with Gasteiger partial charge in [-0.25, -0.2) is 4.79 Å². The van der Waals surface area contributed by atoms with Gasteiger partial charge in [-0.1, -0.05) is 30.3 Å². The van der Waals surface area contributed by atoms with Crippen LogP contribution in [0.4, 0.5) is 0 Å². The second-order valence-corrected chi connectivity index (χ2v) is 6.67.